The van der Waals surface area contributed by atoms with E-state index < -0.39 is 5.60 Å². The molecule has 0 aliphatic rings. The standard InChI is InChI=1S/C19H40N4O3/c1-7-14-23(18(24)26-19(4,5)6)15-13-22-17(20-8-2)21-12-10-11-16-25-9-3/h7-16H2,1-6H3,(H2,20,21,22). The number of guanidine groups is 1. The van der Waals surface area contributed by atoms with Crippen molar-refractivity contribution in [2.75, 3.05) is 45.9 Å². The predicted octanol–water partition coefficient (Wildman–Crippen LogP) is 3.01. The molecule has 0 aromatic rings. The number of hydrogen-bond acceptors (Lipinski definition) is 4. The third-order valence-corrected chi connectivity index (χ3v) is 3.33. The summed E-state index contributed by atoms with van der Waals surface area (Å²) in [5.41, 5.74) is -0.478. The smallest absolute Gasteiger partial charge is 0.410 e. The van der Waals surface area contributed by atoms with E-state index in [4.69, 9.17) is 9.47 Å². The third-order valence-electron chi connectivity index (χ3n) is 3.33. The zero-order valence-corrected chi connectivity index (χ0v) is 17.7. The number of unbranched alkanes of at least 4 members (excludes halogenated alkanes) is 1. The monoisotopic (exact) mass is 372 g/mol. The van der Waals surface area contributed by atoms with Crippen LogP contribution in [0.5, 0.6) is 0 Å². The van der Waals surface area contributed by atoms with Gasteiger partial charge in [-0.1, -0.05) is 6.92 Å². The second kappa shape index (κ2) is 14.6. The SMILES string of the molecule is CCCN(CCNC(=NCCCCOCC)NCC)C(=O)OC(C)(C)C. The van der Waals surface area contributed by atoms with Crippen molar-refractivity contribution in [1.29, 1.82) is 0 Å². The molecule has 0 radical (unpaired) electrons. The topological polar surface area (TPSA) is 75.2 Å². The fourth-order valence-corrected chi connectivity index (χ4v) is 2.19. The number of nitrogens with one attached hydrogen (secondary N) is 2. The highest BCUT2D eigenvalue weighted by Gasteiger charge is 2.21. The molecule has 26 heavy (non-hydrogen) atoms. The molecule has 0 saturated heterocycles. The van der Waals surface area contributed by atoms with Crippen LogP contribution in [0.1, 0.15) is 60.8 Å². The van der Waals surface area contributed by atoms with Gasteiger partial charge in [-0.3, -0.25) is 4.99 Å². The molecule has 0 saturated carbocycles. The van der Waals surface area contributed by atoms with Crippen LogP contribution in [-0.2, 0) is 9.47 Å². The maximum absolute atomic E-state index is 12.3. The van der Waals surface area contributed by atoms with Crippen molar-refractivity contribution in [3.63, 3.8) is 0 Å². The number of ether oxygens (including phenoxy) is 2. The highest BCUT2D eigenvalue weighted by molar-refractivity contribution is 5.79. The fraction of sp³-hybridized carbons (Fsp3) is 0.895. The zero-order valence-electron chi connectivity index (χ0n) is 17.7. The quantitative estimate of drug-likeness (QED) is 0.313. The summed E-state index contributed by atoms with van der Waals surface area (Å²) in [5.74, 6) is 0.782. The number of carbonyl (C=O) groups excluding carboxylic acids is 1. The molecule has 0 aromatic carbocycles. The lowest BCUT2D eigenvalue weighted by molar-refractivity contribution is 0.0253. The van der Waals surface area contributed by atoms with Gasteiger partial charge >= 0.3 is 6.09 Å². The summed E-state index contributed by atoms with van der Waals surface area (Å²) < 4.78 is 10.8. The average molecular weight is 373 g/mol. The Morgan fingerprint density at radius 2 is 1.81 bits per heavy atom. The van der Waals surface area contributed by atoms with Gasteiger partial charge in [0.15, 0.2) is 5.96 Å². The summed E-state index contributed by atoms with van der Waals surface area (Å²) in [6.07, 6.45) is 2.64. The molecule has 0 aliphatic carbocycles. The number of aliphatic imine (C=N–C) groups is 1. The molecule has 0 heterocycles. The zero-order chi connectivity index (χ0) is 19.8. The van der Waals surface area contributed by atoms with Crippen molar-refractivity contribution in [3.05, 3.63) is 0 Å². The van der Waals surface area contributed by atoms with Gasteiger partial charge < -0.3 is 25.0 Å². The van der Waals surface area contributed by atoms with Crippen LogP contribution < -0.4 is 10.6 Å². The Bertz CT molecular complexity index is 395. The Morgan fingerprint density at radius 3 is 2.38 bits per heavy atom. The van der Waals surface area contributed by atoms with Crippen LogP contribution in [0, 0.1) is 0 Å². The van der Waals surface area contributed by atoms with Crippen LogP contribution in [0.25, 0.3) is 0 Å². The molecule has 0 bridgehead atoms. The molecular weight excluding hydrogens is 332 g/mol. The Balaban J connectivity index is 4.35. The first kappa shape index (κ1) is 24.5. The van der Waals surface area contributed by atoms with Crippen molar-refractivity contribution >= 4 is 12.1 Å². The van der Waals surface area contributed by atoms with Gasteiger partial charge in [0.05, 0.1) is 0 Å². The maximum atomic E-state index is 12.3. The van der Waals surface area contributed by atoms with E-state index >= 15 is 0 Å². The van der Waals surface area contributed by atoms with E-state index in [9.17, 15) is 4.79 Å². The van der Waals surface area contributed by atoms with Gasteiger partial charge in [-0.05, 0) is 53.9 Å². The molecule has 154 valence electrons. The van der Waals surface area contributed by atoms with E-state index in [1.54, 1.807) is 4.90 Å². The average Bonchev–Trinajstić information content (AvgIpc) is 2.55. The first-order chi connectivity index (χ1) is 12.3. The molecular formula is C19H40N4O3. The van der Waals surface area contributed by atoms with Crippen molar-refractivity contribution in [2.45, 2.75) is 66.4 Å². The summed E-state index contributed by atoms with van der Waals surface area (Å²) >= 11 is 0. The predicted molar refractivity (Wildman–Crippen MR) is 108 cm³/mol. The highest BCUT2D eigenvalue weighted by Crippen LogP contribution is 2.10. The van der Waals surface area contributed by atoms with Crippen LogP contribution in [0.15, 0.2) is 4.99 Å². The van der Waals surface area contributed by atoms with Gasteiger partial charge in [0, 0.05) is 45.9 Å². The van der Waals surface area contributed by atoms with Gasteiger partial charge in [0.1, 0.15) is 5.60 Å². The van der Waals surface area contributed by atoms with Crippen molar-refractivity contribution < 1.29 is 14.3 Å². The Hall–Kier alpha value is -1.50. The molecule has 7 heteroatoms. The molecule has 1 amide bonds. The summed E-state index contributed by atoms with van der Waals surface area (Å²) in [5, 5.41) is 6.52. The molecule has 7 nitrogen and oxygen atoms in total. The molecule has 0 aliphatic heterocycles. The summed E-state index contributed by atoms with van der Waals surface area (Å²) in [6, 6.07) is 0. The van der Waals surface area contributed by atoms with Gasteiger partial charge in [-0.15, -0.1) is 0 Å². The lowest BCUT2D eigenvalue weighted by Gasteiger charge is -2.27. The van der Waals surface area contributed by atoms with Crippen molar-refractivity contribution in [3.8, 4) is 0 Å². The van der Waals surface area contributed by atoms with Gasteiger partial charge in [-0.25, -0.2) is 4.79 Å². The van der Waals surface area contributed by atoms with Crippen LogP contribution in [0.4, 0.5) is 4.79 Å². The highest BCUT2D eigenvalue weighted by atomic mass is 16.6. The molecule has 2 N–H and O–H groups in total. The largest absolute Gasteiger partial charge is 0.444 e. The molecule has 0 unspecified atom stereocenters. The van der Waals surface area contributed by atoms with Crippen LogP contribution >= 0.6 is 0 Å². The molecule has 0 atom stereocenters. The molecule has 0 spiro atoms. The van der Waals surface area contributed by atoms with E-state index in [1.807, 2.05) is 34.6 Å². The molecule has 0 aromatic heterocycles. The van der Waals surface area contributed by atoms with Gasteiger partial charge in [0.25, 0.3) is 0 Å². The minimum atomic E-state index is -0.478. The van der Waals surface area contributed by atoms with Crippen LogP contribution in [0.2, 0.25) is 0 Å². The minimum Gasteiger partial charge on any atom is -0.444 e. The summed E-state index contributed by atoms with van der Waals surface area (Å²) in [4.78, 5) is 18.6. The first-order valence-corrected chi connectivity index (χ1v) is 9.91. The summed E-state index contributed by atoms with van der Waals surface area (Å²) in [7, 11) is 0. The van der Waals surface area contributed by atoms with Crippen LogP contribution in [-0.4, -0.2) is 68.5 Å². The van der Waals surface area contributed by atoms with E-state index in [1.165, 1.54) is 0 Å². The Morgan fingerprint density at radius 1 is 1.08 bits per heavy atom. The number of hydrogen-bond donors (Lipinski definition) is 2. The number of rotatable bonds is 12. The maximum Gasteiger partial charge on any atom is 0.410 e. The van der Waals surface area contributed by atoms with E-state index in [0.29, 0.717) is 19.6 Å². The first-order valence-electron chi connectivity index (χ1n) is 9.91. The van der Waals surface area contributed by atoms with E-state index in [2.05, 4.69) is 22.5 Å². The van der Waals surface area contributed by atoms with Crippen LogP contribution in [0.3, 0.4) is 0 Å². The van der Waals surface area contributed by atoms with E-state index in [-0.39, 0.29) is 6.09 Å². The fourth-order valence-electron chi connectivity index (χ4n) is 2.19. The van der Waals surface area contributed by atoms with Gasteiger partial charge in [0.2, 0.25) is 0 Å². The third kappa shape index (κ3) is 13.8. The Kier molecular flexibility index (Phi) is 13.8. The van der Waals surface area contributed by atoms with Gasteiger partial charge in [-0.2, -0.15) is 0 Å². The lowest BCUT2D eigenvalue weighted by Crippen LogP contribution is -2.44. The second-order valence-corrected chi connectivity index (χ2v) is 7.06. The Labute approximate surface area is 159 Å². The molecule has 0 rings (SSSR count). The molecule has 0 fully saturated rings. The summed E-state index contributed by atoms with van der Waals surface area (Å²) in [6.45, 7) is 16.8. The number of nitrogens with zero attached hydrogens (tertiary/aromatic N) is 2. The number of amides is 1. The van der Waals surface area contributed by atoms with Crippen molar-refractivity contribution in [1.82, 2.24) is 15.5 Å². The number of carbonyl (C=O) groups is 1. The van der Waals surface area contributed by atoms with Crippen molar-refractivity contribution in [2.24, 2.45) is 4.99 Å². The lowest BCUT2D eigenvalue weighted by atomic mass is 10.2. The minimum absolute atomic E-state index is 0.265. The van der Waals surface area contributed by atoms with E-state index in [0.717, 1.165) is 51.5 Å². The second-order valence-electron chi connectivity index (χ2n) is 7.06. The normalized spacial score (nSPS) is 12.0.